The van der Waals surface area contributed by atoms with E-state index in [1.54, 1.807) is 12.4 Å². The van der Waals surface area contributed by atoms with E-state index < -0.39 is 0 Å². The highest BCUT2D eigenvalue weighted by molar-refractivity contribution is 5.66. The summed E-state index contributed by atoms with van der Waals surface area (Å²) in [6.45, 7) is 2.45. The van der Waals surface area contributed by atoms with Gasteiger partial charge in [-0.25, -0.2) is 4.98 Å². The molecule has 6 nitrogen and oxygen atoms in total. The fraction of sp³-hybridized carbons (Fsp3) is 0.167. The van der Waals surface area contributed by atoms with Crippen LogP contribution < -0.4 is 10.6 Å². The molecule has 3 aromatic rings. The van der Waals surface area contributed by atoms with Crippen LogP contribution in [0.15, 0.2) is 54.9 Å². The van der Waals surface area contributed by atoms with Crippen molar-refractivity contribution < 1.29 is 5.11 Å². The second-order valence-electron chi connectivity index (χ2n) is 5.35. The number of hydrogen-bond donors (Lipinski definition) is 3. The van der Waals surface area contributed by atoms with Gasteiger partial charge in [-0.1, -0.05) is 17.7 Å². The molecule has 24 heavy (non-hydrogen) atoms. The van der Waals surface area contributed by atoms with Gasteiger partial charge in [-0.15, -0.1) is 0 Å². The zero-order valence-electron chi connectivity index (χ0n) is 13.4. The monoisotopic (exact) mass is 321 g/mol. The van der Waals surface area contributed by atoms with E-state index in [4.69, 9.17) is 5.11 Å². The van der Waals surface area contributed by atoms with Gasteiger partial charge in [0.1, 0.15) is 5.82 Å². The van der Waals surface area contributed by atoms with E-state index in [9.17, 15) is 0 Å². The number of nitrogens with zero attached hydrogens (tertiary/aromatic N) is 3. The first-order chi connectivity index (χ1) is 11.7. The van der Waals surface area contributed by atoms with E-state index in [2.05, 4.69) is 25.6 Å². The molecular weight excluding hydrogens is 302 g/mol. The van der Waals surface area contributed by atoms with Crippen molar-refractivity contribution in [2.75, 3.05) is 23.8 Å². The van der Waals surface area contributed by atoms with Gasteiger partial charge in [0.15, 0.2) is 0 Å². The maximum Gasteiger partial charge on any atom is 0.225 e. The second kappa shape index (κ2) is 7.52. The molecule has 0 unspecified atom stereocenters. The molecule has 0 spiro atoms. The number of aromatic nitrogens is 3. The van der Waals surface area contributed by atoms with E-state index in [1.165, 1.54) is 5.56 Å². The molecule has 6 heteroatoms. The molecule has 0 radical (unpaired) electrons. The molecule has 0 fully saturated rings. The molecule has 3 rings (SSSR count). The number of aliphatic hydroxyl groups excluding tert-OH is 1. The summed E-state index contributed by atoms with van der Waals surface area (Å²) in [5, 5.41) is 15.3. The van der Waals surface area contributed by atoms with Gasteiger partial charge in [-0.05, 0) is 31.2 Å². The molecule has 0 atom stereocenters. The molecule has 122 valence electrons. The number of aliphatic hydroxyl groups is 1. The predicted molar refractivity (Wildman–Crippen MR) is 95.3 cm³/mol. The smallest absolute Gasteiger partial charge is 0.225 e. The van der Waals surface area contributed by atoms with Crippen LogP contribution in [0.3, 0.4) is 0 Å². The van der Waals surface area contributed by atoms with Crippen LogP contribution >= 0.6 is 0 Å². The molecule has 1 aromatic carbocycles. The van der Waals surface area contributed by atoms with Gasteiger partial charge >= 0.3 is 0 Å². The lowest BCUT2D eigenvalue weighted by molar-refractivity contribution is 0.311. The summed E-state index contributed by atoms with van der Waals surface area (Å²) in [5.74, 6) is 1.13. The zero-order chi connectivity index (χ0) is 16.8. The zero-order valence-corrected chi connectivity index (χ0v) is 13.4. The van der Waals surface area contributed by atoms with E-state index in [0.717, 1.165) is 16.9 Å². The molecule has 2 heterocycles. The third-order valence-corrected chi connectivity index (χ3v) is 3.40. The number of rotatable bonds is 6. The largest absolute Gasteiger partial charge is 0.395 e. The number of aryl methyl sites for hydroxylation is 1. The summed E-state index contributed by atoms with van der Waals surface area (Å²) >= 11 is 0. The highest BCUT2D eigenvalue weighted by atomic mass is 16.3. The minimum atomic E-state index is 0.0151. The lowest BCUT2D eigenvalue weighted by atomic mass is 10.2. The first kappa shape index (κ1) is 15.9. The Hall–Kier alpha value is -2.99. The van der Waals surface area contributed by atoms with Crippen LogP contribution in [0.5, 0.6) is 0 Å². The standard InChI is InChI=1S/C18H19N5O/c1-13-4-6-15(7-5-13)21-17-11-16(14-3-2-8-19-12-14)22-18(23-17)20-9-10-24/h2-8,11-12,24H,9-10H2,1H3,(H2,20,21,22,23). The SMILES string of the molecule is Cc1ccc(Nc2cc(-c3cccnc3)nc(NCCO)n2)cc1. The van der Waals surface area contributed by atoms with Crippen LogP contribution in [0.2, 0.25) is 0 Å². The summed E-state index contributed by atoms with van der Waals surface area (Å²) < 4.78 is 0. The predicted octanol–water partition coefficient (Wildman–Crippen LogP) is 2.99. The number of pyridine rings is 1. The lowest BCUT2D eigenvalue weighted by Crippen LogP contribution is -2.10. The van der Waals surface area contributed by atoms with Crippen LogP contribution in [0.1, 0.15) is 5.56 Å². The van der Waals surface area contributed by atoms with Crippen LogP contribution in [-0.2, 0) is 0 Å². The Balaban J connectivity index is 1.93. The van der Waals surface area contributed by atoms with E-state index >= 15 is 0 Å². The van der Waals surface area contributed by atoms with Crippen LogP contribution in [-0.4, -0.2) is 33.2 Å². The number of hydrogen-bond acceptors (Lipinski definition) is 6. The summed E-state index contributed by atoms with van der Waals surface area (Å²) in [7, 11) is 0. The summed E-state index contributed by atoms with van der Waals surface area (Å²) in [6.07, 6.45) is 3.48. The molecule has 0 aliphatic heterocycles. The Morgan fingerprint density at radius 3 is 2.62 bits per heavy atom. The summed E-state index contributed by atoms with van der Waals surface area (Å²) in [4.78, 5) is 13.1. The normalized spacial score (nSPS) is 10.4. The van der Waals surface area contributed by atoms with Crippen molar-refractivity contribution in [3.8, 4) is 11.3 Å². The molecule has 2 aromatic heterocycles. The van der Waals surface area contributed by atoms with Crippen molar-refractivity contribution >= 4 is 17.5 Å². The van der Waals surface area contributed by atoms with Gasteiger partial charge in [0.2, 0.25) is 5.95 Å². The molecule has 0 aliphatic carbocycles. The number of benzene rings is 1. The van der Waals surface area contributed by atoms with Crippen molar-refractivity contribution in [3.05, 3.63) is 60.4 Å². The molecule has 0 saturated carbocycles. The van der Waals surface area contributed by atoms with E-state index in [1.807, 2.05) is 49.4 Å². The van der Waals surface area contributed by atoms with E-state index in [-0.39, 0.29) is 6.61 Å². The van der Waals surface area contributed by atoms with Crippen LogP contribution in [0.4, 0.5) is 17.5 Å². The maximum atomic E-state index is 9.00. The summed E-state index contributed by atoms with van der Waals surface area (Å²) in [5.41, 5.74) is 3.81. The number of anilines is 3. The average molecular weight is 321 g/mol. The Bertz CT molecular complexity index is 790. The van der Waals surface area contributed by atoms with Gasteiger partial charge in [0.05, 0.1) is 12.3 Å². The summed E-state index contributed by atoms with van der Waals surface area (Å²) in [6, 6.07) is 13.8. The fourth-order valence-corrected chi connectivity index (χ4v) is 2.20. The minimum Gasteiger partial charge on any atom is -0.395 e. The topological polar surface area (TPSA) is 83.0 Å². The number of nitrogens with one attached hydrogen (secondary N) is 2. The third kappa shape index (κ3) is 4.05. The Morgan fingerprint density at radius 1 is 1.08 bits per heavy atom. The van der Waals surface area contributed by atoms with Gasteiger partial charge < -0.3 is 15.7 Å². The molecule has 0 bridgehead atoms. The highest BCUT2D eigenvalue weighted by Crippen LogP contribution is 2.23. The maximum absolute atomic E-state index is 9.00. The fourth-order valence-electron chi connectivity index (χ4n) is 2.20. The van der Waals surface area contributed by atoms with Crippen molar-refractivity contribution in [2.24, 2.45) is 0 Å². The highest BCUT2D eigenvalue weighted by Gasteiger charge is 2.07. The minimum absolute atomic E-state index is 0.0151. The Kier molecular flexibility index (Phi) is 4.98. The van der Waals surface area contributed by atoms with Gasteiger partial charge in [-0.2, -0.15) is 4.98 Å². The van der Waals surface area contributed by atoms with Crippen LogP contribution in [0.25, 0.3) is 11.3 Å². The van der Waals surface area contributed by atoms with Crippen LogP contribution in [0, 0.1) is 6.92 Å². The second-order valence-corrected chi connectivity index (χ2v) is 5.35. The quantitative estimate of drug-likeness (QED) is 0.647. The molecular formula is C18H19N5O. The Labute approximate surface area is 140 Å². The van der Waals surface area contributed by atoms with Gasteiger partial charge in [0.25, 0.3) is 0 Å². The first-order valence-electron chi connectivity index (χ1n) is 7.72. The Morgan fingerprint density at radius 2 is 1.92 bits per heavy atom. The average Bonchev–Trinajstić information content (AvgIpc) is 2.62. The van der Waals surface area contributed by atoms with E-state index in [0.29, 0.717) is 18.3 Å². The van der Waals surface area contributed by atoms with Gasteiger partial charge in [-0.3, -0.25) is 4.98 Å². The van der Waals surface area contributed by atoms with Crippen molar-refractivity contribution in [2.45, 2.75) is 6.92 Å². The van der Waals surface area contributed by atoms with Crippen molar-refractivity contribution in [3.63, 3.8) is 0 Å². The first-order valence-corrected chi connectivity index (χ1v) is 7.72. The lowest BCUT2D eigenvalue weighted by Gasteiger charge is -2.11. The molecule has 0 saturated heterocycles. The van der Waals surface area contributed by atoms with Crippen molar-refractivity contribution in [1.82, 2.24) is 15.0 Å². The molecule has 3 N–H and O–H groups in total. The van der Waals surface area contributed by atoms with Gasteiger partial charge in [0, 0.05) is 36.3 Å². The third-order valence-electron chi connectivity index (χ3n) is 3.40. The molecule has 0 aliphatic rings. The molecule has 0 amide bonds. The van der Waals surface area contributed by atoms with Crippen molar-refractivity contribution in [1.29, 1.82) is 0 Å².